The van der Waals surface area contributed by atoms with Crippen molar-refractivity contribution >= 4 is 11.6 Å². The molecule has 2 heterocycles. The molecule has 0 bridgehead atoms. The molecule has 5 rings (SSSR count). The first-order valence-electron chi connectivity index (χ1n) is 12.9. The minimum atomic E-state index is -3.00. The summed E-state index contributed by atoms with van der Waals surface area (Å²) in [6.07, 6.45) is -2.11. The molecule has 206 valence electrons. The third-order valence-corrected chi connectivity index (χ3v) is 8.21. The van der Waals surface area contributed by atoms with E-state index in [4.69, 9.17) is 0 Å². The minimum Gasteiger partial charge on any atom is -0.381 e. The first-order chi connectivity index (χ1) is 17.9. The van der Waals surface area contributed by atoms with Crippen molar-refractivity contribution in [2.75, 3.05) is 25.5 Å². The first-order valence-corrected chi connectivity index (χ1v) is 12.9. The predicted octanol–water partition coefficient (Wildman–Crippen LogP) is 5.14. The molecule has 2 N–H and O–H groups in total. The van der Waals surface area contributed by atoms with Crippen LogP contribution >= 0.6 is 0 Å². The number of alkyl halides is 4. The largest absolute Gasteiger partial charge is 0.381 e. The lowest BCUT2D eigenvalue weighted by atomic mass is 9.92. The number of rotatable bonds is 7. The molecule has 1 aliphatic heterocycles. The van der Waals surface area contributed by atoms with E-state index in [1.165, 1.54) is 35.9 Å². The van der Waals surface area contributed by atoms with Crippen LogP contribution in [0.2, 0.25) is 0 Å². The van der Waals surface area contributed by atoms with E-state index in [0.717, 1.165) is 19.2 Å². The highest BCUT2D eigenvalue weighted by molar-refractivity contribution is 5.99. The monoisotopic (exact) mass is 538 g/mol. The summed E-state index contributed by atoms with van der Waals surface area (Å²) < 4.78 is 69.9. The van der Waals surface area contributed by atoms with E-state index in [1.807, 2.05) is 7.05 Å². The number of aromatic nitrogens is 1. The quantitative estimate of drug-likeness (QED) is 0.480. The Bertz CT molecular complexity index is 1260. The van der Waals surface area contributed by atoms with Gasteiger partial charge in [0.25, 0.3) is 17.9 Å². The molecule has 1 unspecified atom stereocenters. The van der Waals surface area contributed by atoms with Crippen LogP contribution in [0.15, 0.2) is 35.3 Å². The van der Waals surface area contributed by atoms with Crippen LogP contribution < -0.4 is 16.2 Å². The molecule has 3 fully saturated rings. The summed E-state index contributed by atoms with van der Waals surface area (Å²) >= 11 is 0. The highest BCUT2D eigenvalue weighted by atomic mass is 19.3. The lowest BCUT2D eigenvalue weighted by Crippen LogP contribution is -2.34. The van der Waals surface area contributed by atoms with E-state index >= 15 is 0 Å². The molecule has 0 spiro atoms. The van der Waals surface area contributed by atoms with Gasteiger partial charge >= 0.3 is 0 Å². The van der Waals surface area contributed by atoms with Gasteiger partial charge in [0.2, 0.25) is 5.92 Å². The fraction of sp³-hybridized carbons (Fsp3) is 0.556. The molecule has 1 aromatic heterocycles. The lowest BCUT2D eigenvalue weighted by Gasteiger charge is -2.30. The fourth-order valence-corrected chi connectivity index (χ4v) is 5.99. The number of likely N-dealkylation sites (tertiary alicyclic amines) is 1. The van der Waals surface area contributed by atoms with Gasteiger partial charge in [0.1, 0.15) is 5.82 Å². The first kappa shape index (κ1) is 26.6. The van der Waals surface area contributed by atoms with Crippen molar-refractivity contribution in [2.45, 2.75) is 63.1 Å². The second kappa shape index (κ2) is 9.98. The summed E-state index contributed by atoms with van der Waals surface area (Å²) in [5.74, 6) is -3.70. The molecular weight excluding hydrogens is 507 g/mol. The van der Waals surface area contributed by atoms with Gasteiger partial charge in [0.15, 0.2) is 0 Å². The second-order valence-corrected chi connectivity index (χ2v) is 10.9. The average molecular weight is 539 g/mol. The molecule has 2 saturated carbocycles. The molecule has 38 heavy (non-hydrogen) atoms. The zero-order valence-corrected chi connectivity index (χ0v) is 21.2. The highest BCUT2D eigenvalue weighted by Crippen LogP contribution is 2.47. The van der Waals surface area contributed by atoms with Crippen LogP contribution in [-0.4, -0.2) is 47.5 Å². The van der Waals surface area contributed by atoms with Crippen molar-refractivity contribution < 1.29 is 26.7 Å². The Morgan fingerprint density at radius 2 is 1.74 bits per heavy atom. The molecule has 2 aliphatic carbocycles. The Hall–Kier alpha value is -2.95. The molecule has 2 aromatic rings. The third-order valence-electron chi connectivity index (χ3n) is 8.21. The van der Waals surface area contributed by atoms with Crippen molar-refractivity contribution in [1.82, 2.24) is 14.8 Å². The van der Waals surface area contributed by atoms with Gasteiger partial charge in [-0.1, -0.05) is 18.2 Å². The molecule has 1 saturated heterocycles. The number of hydrogen-bond acceptors (Lipinski definition) is 4. The van der Waals surface area contributed by atoms with Gasteiger partial charge in [0, 0.05) is 55.8 Å². The van der Waals surface area contributed by atoms with Crippen LogP contribution in [0.25, 0.3) is 0 Å². The number of halogens is 5. The maximum absolute atomic E-state index is 14.7. The summed E-state index contributed by atoms with van der Waals surface area (Å²) in [7, 11) is 2.03. The standard InChI is InChI=1S/C27H31F5N4O2/c1-14(16-4-3-5-17(23(16)28)25(29)30)33-26(38)20-13-36(15-6-8-27(31,32)9-7-15)22(37)10-21(20)34-24-18-11-35(2)12-19(18)24/h3-5,10,13-15,18-19,24-25,34H,6-9,11-12H2,1-2H3,(H,33,38)/t14-,18-,19+,24?/m1/s1. The number of amides is 1. The summed E-state index contributed by atoms with van der Waals surface area (Å²) in [6.45, 7) is 3.28. The van der Waals surface area contributed by atoms with Crippen molar-refractivity contribution in [1.29, 1.82) is 0 Å². The topological polar surface area (TPSA) is 66.4 Å². The van der Waals surface area contributed by atoms with Crippen LogP contribution in [0, 0.1) is 17.7 Å². The van der Waals surface area contributed by atoms with Crippen LogP contribution in [0.1, 0.15) is 72.6 Å². The molecular formula is C27H31F5N4O2. The number of hydrogen-bond donors (Lipinski definition) is 2. The Morgan fingerprint density at radius 1 is 1.11 bits per heavy atom. The Balaban J connectivity index is 1.43. The SMILES string of the molecule is C[C@@H](NC(=O)c1cn(C2CCC(F)(F)CC2)c(=O)cc1NC1[C@H]2CN(C)C[C@@H]12)c1cccc(C(F)F)c1F. The van der Waals surface area contributed by atoms with Crippen molar-refractivity contribution in [3.8, 4) is 0 Å². The average Bonchev–Trinajstić information content (AvgIpc) is 3.29. The van der Waals surface area contributed by atoms with E-state index < -0.39 is 47.3 Å². The fourth-order valence-electron chi connectivity index (χ4n) is 5.99. The number of nitrogens with one attached hydrogen (secondary N) is 2. The maximum atomic E-state index is 14.7. The number of fused-ring (bicyclic) bond motifs is 1. The van der Waals surface area contributed by atoms with Crippen molar-refractivity contribution in [3.05, 3.63) is 63.3 Å². The molecule has 6 nitrogen and oxygen atoms in total. The van der Waals surface area contributed by atoms with Gasteiger partial charge in [0.05, 0.1) is 22.9 Å². The van der Waals surface area contributed by atoms with Crippen LogP contribution in [-0.2, 0) is 0 Å². The molecule has 11 heteroatoms. The zero-order chi connectivity index (χ0) is 27.4. The van der Waals surface area contributed by atoms with E-state index in [-0.39, 0.29) is 42.9 Å². The number of carbonyl (C=O) groups excluding carboxylic acids is 1. The van der Waals surface area contributed by atoms with Gasteiger partial charge in [-0.2, -0.15) is 0 Å². The maximum Gasteiger partial charge on any atom is 0.266 e. The van der Waals surface area contributed by atoms with Gasteiger partial charge in [-0.25, -0.2) is 22.0 Å². The predicted molar refractivity (Wildman–Crippen MR) is 132 cm³/mol. The summed E-state index contributed by atoms with van der Waals surface area (Å²) in [6, 6.07) is 3.62. The number of pyridine rings is 1. The van der Waals surface area contributed by atoms with Crippen LogP contribution in [0.4, 0.5) is 27.6 Å². The van der Waals surface area contributed by atoms with Gasteiger partial charge < -0.3 is 20.1 Å². The molecule has 4 atom stereocenters. The minimum absolute atomic E-state index is 0.0896. The van der Waals surface area contributed by atoms with E-state index in [2.05, 4.69) is 15.5 Å². The summed E-state index contributed by atoms with van der Waals surface area (Å²) in [4.78, 5) is 28.7. The van der Waals surface area contributed by atoms with Gasteiger partial charge in [-0.15, -0.1) is 0 Å². The lowest BCUT2D eigenvalue weighted by molar-refractivity contribution is -0.0442. The number of nitrogens with zero attached hydrogens (tertiary/aromatic N) is 2. The third kappa shape index (κ3) is 5.17. The number of piperidine rings is 1. The van der Waals surface area contributed by atoms with Crippen molar-refractivity contribution in [2.24, 2.45) is 11.8 Å². The molecule has 3 aliphatic rings. The molecule has 1 amide bonds. The van der Waals surface area contributed by atoms with E-state index in [1.54, 1.807) is 0 Å². The van der Waals surface area contributed by atoms with Crippen molar-refractivity contribution in [3.63, 3.8) is 0 Å². The van der Waals surface area contributed by atoms with Crippen LogP contribution in [0.3, 0.4) is 0 Å². The van der Waals surface area contributed by atoms with E-state index in [0.29, 0.717) is 17.5 Å². The second-order valence-electron chi connectivity index (χ2n) is 10.9. The van der Waals surface area contributed by atoms with E-state index in [9.17, 15) is 31.5 Å². The van der Waals surface area contributed by atoms with Gasteiger partial charge in [-0.05, 0) is 38.6 Å². The molecule has 0 radical (unpaired) electrons. The number of carbonyl (C=O) groups is 1. The Kier molecular flexibility index (Phi) is 7.00. The molecule has 1 aromatic carbocycles. The normalized spacial score (nSPS) is 25.7. The van der Waals surface area contributed by atoms with Gasteiger partial charge in [-0.3, -0.25) is 9.59 Å². The smallest absolute Gasteiger partial charge is 0.266 e. The zero-order valence-electron chi connectivity index (χ0n) is 21.2. The Labute approximate surface area is 217 Å². The number of anilines is 1. The van der Waals surface area contributed by atoms with Crippen LogP contribution in [0.5, 0.6) is 0 Å². The Morgan fingerprint density at radius 3 is 2.37 bits per heavy atom. The number of benzene rings is 1. The summed E-state index contributed by atoms with van der Waals surface area (Å²) in [5.41, 5.74) is -0.795. The summed E-state index contributed by atoms with van der Waals surface area (Å²) in [5, 5.41) is 5.99. The highest BCUT2D eigenvalue weighted by Gasteiger charge is 2.55.